The number of rotatable bonds is 2. The fourth-order valence-corrected chi connectivity index (χ4v) is 2.45. The molecule has 0 aliphatic heterocycles. The number of fused-ring (bicyclic) bond motifs is 1. The van der Waals surface area contributed by atoms with Crippen LogP contribution in [0.1, 0.15) is 16.8 Å². The van der Waals surface area contributed by atoms with Gasteiger partial charge in [-0.15, -0.1) is 0 Å². The van der Waals surface area contributed by atoms with Gasteiger partial charge in [-0.2, -0.15) is 0 Å². The molecule has 2 aromatic carbocycles. The molecule has 1 N–H and O–H groups in total. The van der Waals surface area contributed by atoms with Crippen molar-refractivity contribution in [2.45, 2.75) is 6.92 Å². The minimum Gasteiger partial charge on any atom is -0.358 e. The van der Waals surface area contributed by atoms with Crippen molar-refractivity contribution in [3.05, 3.63) is 78.0 Å². The summed E-state index contributed by atoms with van der Waals surface area (Å²) in [5, 5.41) is 1.24. The number of hydrogen-bond donors (Lipinski definition) is 1. The lowest BCUT2D eigenvalue weighted by Crippen LogP contribution is -1.87. The van der Waals surface area contributed by atoms with Gasteiger partial charge in [0.25, 0.3) is 0 Å². The van der Waals surface area contributed by atoms with E-state index < -0.39 is 0 Å². The third kappa shape index (κ3) is 1.65. The molecule has 1 aromatic heterocycles. The van der Waals surface area contributed by atoms with E-state index in [1.807, 2.05) is 24.3 Å². The van der Waals surface area contributed by atoms with Crippen LogP contribution in [-0.4, -0.2) is 4.98 Å². The van der Waals surface area contributed by atoms with Crippen molar-refractivity contribution in [3.63, 3.8) is 0 Å². The summed E-state index contributed by atoms with van der Waals surface area (Å²) in [6.45, 7) is 6.36. The van der Waals surface area contributed by atoms with E-state index in [2.05, 4.69) is 48.8 Å². The lowest BCUT2D eigenvalue weighted by Gasteiger charge is -2.06. The summed E-state index contributed by atoms with van der Waals surface area (Å²) in [6, 6.07) is 18.7. The Labute approximate surface area is 107 Å². The summed E-state index contributed by atoms with van der Waals surface area (Å²) >= 11 is 0. The van der Waals surface area contributed by atoms with Crippen LogP contribution >= 0.6 is 0 Å². The predicted octanol–water partition coefficient (Wildman–Crippen LogP) is 4.54. The second kappa shape index (κ2) is 4.19. The van der Waals surface area contributed by atoms with Crippen molar-refractivity contribution in [1.29, 1.82) is 0 Å². The van der Waals surface area contributed by atoms with Crippen LogP contribution in [0, 0.1) is 6.92 Å². The fraction of sp³-hybridized carbons (Fsp3) is 0.0588. The molecular formula is C17H15N. The average Bonchev–Trinajstić information content (AvgIpc) is 2.75. The summed E-state index contributed by atoms with van der Waals surface area (Å²) in [6.07, 6.45) is 0. The first-order chi connectivity index (χ1) is 8.77. The normalized spacial score (nSPS) is 10.7. The van der Waals surface area contributed by atoms with Gasteiger partial charge in [-0.25, -0.2) is 0 Å². The van der Waals surface area contributed by atoms with Crippen LogP contribution in [0.3, 0.4) is 0 Å². The Morgan fingerprint density at radius 2 is 1.61 bits per heavy atom. The minimum atomic E-state index is 1.07. The molecule has 0 radical (unpaired) electrons. The molecule has 0 atom stereocenters. The third-order valence-corrected chi connectivity index (χ3v) is 3.32. The van der Waals surface area contributed by atoms with Gasteiger partial charge in [0.1, 0.15) is 0 Å². The lowest BCUT2D eigenvalue weighted by atomic mass is 9.97. The molecule has 0 aliphatic carbocycles. The Morgan fingerprint density at radius 1 is 0.944 bits per heavy atom. The standard InChI is InChI=1S/C17H15N/c1-12(14-8-4-3-5-9-14)17-13(2)18-16-11-7-6-10-15(16)17/h3-11,18H,1H2,2H3. The highest BCUT2D eigenvalue weighted by Gasteiger charge is 2.11. The molecule has 0 bridgehead atoms. The molecule has 88 valence electrons. The topological polar surface area (TPSA) is 15.8 Å². The number of benzene rings is 2. The van der Waals surface area contributed by atoms with E-state index in [1.54, 1.807) is 0 Å². The molecule has 0 saturated carbocycles. The van der Waals surface area contributed by atoms with Gasteiger partial charge >= 0.3 is 0 Å². The van der Waals surface area contributed by atoms with Crippen LogP contribution in [-0.2, 0) is 0 Å². The number of aryl methyl sites for hydroxylation is 1. The van der Waals surface area contributed by atoms with Crippen LogP contribution in [0.15, 0.2) is 61.2 Å². The molecule has 18 heavy (non-hydrogen) atoms. The van der Waals surface area contributed by atoms with Crippen molar-refractivity contribution < 1.29 is 0 Å². The summed E-state index contributed by atoms with van der Waals surface area (Å²) in [5.74, 6) is 0. The molecule has 1 heterocycles. The average molecular weight is 233 g/mol. The number of nitrogens with one attached hydrogen (secondary N) is 1. The van der Waals surface area contributed by atoms with Gasteiger partial charge in [0.05, 0.1) is 0 Å². The highest BCUT2D eigenvalue weighted by Crippen LogP contribution is 2.31. The number of hydrogen-bond acceptors (Lipinski definition) is 0. The van der Waals surface area contributed by atoms with Crippen molar-refractivity contribution in [2.75, 3.05) is 0 Å². The lowest BCUT2D eigenvalue weighted by molar-refractivity contribution is 1.28. The zero-order valence-corrected chi connectivity index (χ0v) is 10.4. The Balaban J connectivity index is 2.21. The Hall–Kier alpha value is -2.28. The first-order valence-corrected chi connectivity index (χ1v) is 6.09. The summed E-state index contributed by atoms with van der Waals surface area (Å²) in [5.41, 5.74) is 5.81. The van der Waals surface area contributed by atoms with Gasteiger partial charge in [0, 0.05) is 22.2 Å². The maximum atomic E-state index is 4.26. The maximum Gasteiger partial charge on any atom is 0.0462 e. The maximum absolute atomic E-state index is 4.26. The van der Waals surface area contributed by atoms with Crippen LogP contribution < -0.4 is 0 Å². The predicted molar refractivity (Wildman–Crippen MR) is 77.6 cm³/mol. The van der Waals surface area contributed by atoms with Gasteiger partial charge in [-0.05, 0) is 24.1 Å². The summed E-state index contributed by atoms with van der Waals surface area (Å²) in [4.78, 5) is 3.42. The highest BCUT2D eigenvalue weighted by atomic mass is 14.7. The number of aromatic amines is 1. The molecule has 0 unspecified atom stereocenters. The second-order valence-electron chi connectivity index (χ2n) is 4.52. The molecule has 1 heteroatoms. The van der Waals surface area contributed by atoms with Crippen LogP contribution in [0.25, 0.3) is 16.5 Å². The fourth-order valence-electron chi connectivity index (χ4n) is 2.45. The van der Waals surface area contributed by atoms with Crippen molar-refractivity contribution in [3.8, 4) is 0 Å². The third-order valence-electron chi connectivity index (χ3n) is 3.32. The number of H-pyrrole nitrogens is 1. The molecule has 0 saturated heterocycles. The van der Waals surface area contributed by atoms with Crippen LogP contribution in [0.5, 0.6) is 0 Å². The summed E-state index contributed by atoms with van der Waals surface area (Å²) < 4.78 is 0. The van der Waals surface area contributed by atoms with Gasteiger partial charge in [-0.1, -0.05) is 55.1 Å². The Morgan fingerprint density at radius 3 is 2.39 bits per heavy atom. The zero-order chi connectivity index (χ0) is 12.5. The van der Waals surface area contributed by atoms with E-state index in [4.69, 9.17) is 0 Å². The van der Waals surface area contributed by atoms with E-state index in [-0.39, 0.29) is 0 Å². The monoisotopic (exact) mass is 233 g/mol. The second-order valence-corrected chi connectivity index (χ2v) is 4.52. The molecule has 3 rings (SSSR count). The Kier molecular flexibility index (Phi) is 2.52. The Bertz CT molecular complexity index is 705. The van der Waals surface area contributed by atoms with E-state index in [0.29, 0.717) is 0 Å². The van der Waals surface area contributed by atoms with Crippen molar-refractivity contribution >= 4 is 16.5 Å². The van der Waals surface area contributed by atoms with Crippen molar-refractivity contribution in [1.82, 2.24) is 4.98 Å². The smallest absolute Gasteiger partial charge is 0.0462 e. The molecule has 0 fully saturated rings. The first-order valence-electron chi connectivity index (χ1n) is 6.09. The summed E-state index contributed by atoms with van der Waals surface area (Å²) in [7, 11) is 0. The molecule has 3 aromatic rings. The van der Waals surface area contributed by atoms with E-state index in [0.717, 1.165) is 5.57 Å². The van der Waals surface area contributed by atoms with Gasteiger partial charge in [-0.3, -0.25) is 0 Å². The van der Waals surface area contributed by atoms with E-state index in [1.165, 1.54) is 27.7 Å². The van der Waals surface area contributed by atoms with Gasteiger partial charge in [0.15, 0.2) is 0 Å². The number of para-hydroxylation sites is 1. The molecule has 0 amide bonds. The molecule has 0 spiro atoms. The van der Waals surface area contributed by atoms with Gasteiger partial charge in [0.2, 0.25) is 0 Å². The quantitative estimate of drug-likeness (QED) is 0.669. The molecule has 1 nitrogen and oxygen atoms in total. The SMILES string of the molecule is C=C(c1ccccc1)c1c(C)[nH]c2ccccc12. The van der Waals surface area contributed by atoms with E-state index >= 15 is 0 Å². The highest BCUT2D eigenvalue weighted by molar-refractivity contribution is 5.97. The molecular weight excluding hydrogens is 218 g/mol. The van der Waals surface area contributed by atoms with Crippen molar-refractivity contribution in [2.24, 2.45) is 0 Å². The van der Waals surface area contributed by atoms with Crippen LogP contribution in [0.2, 0.25) is 0 Å². The van der Waals surface area contributed by atoms with Crippen LogP contribution in [0.4, 0.5) is 0 Å². The van der Waals surface area contributed by atoms with Gasteiger partial charge < -0.3 is 4.98 Å². The number of aromatic nitrogens is 1. The first kappa shape index (κ1) is 10.8. The minimum absolute atomic E-state index is 1.07. The zero-order valence-electron chi connectivity index (χ0n) is 10.4. The van der Waals surface area contributed by atoms with E-state index in [9.17, 15) is 0 Å². The molecule has 0 aliphatic rings. The largest absolute Gasteiger partial charge is 0.358 e.